The van der Waals surface area contributed by atoms with Crippen molar-refractivity contribution in [2.45, 2.75) is 13.0 Å². The van der Waals surface area contributed by atoms with Crippen LogP contribution in [0, 0.1) is 0 Å². The largest absolute Gasteiger partial charge is 0.478 e. The lowest BCUT2D eigenvalue weighted by Gasteiger charge is -2.15. The van der Waals surface area contributed by atoms with Crippen molar-refractivity contribution in [3.05, 3.63) is 57.5 Å². The van der Waals surface area contributed by atoms with Crippen molar-refractivity contribution in [2.24, 2.45) is 0 Å². The molecule has 2 rings (SSSR count). The number of esters is 1. The molecule has 7 heteroatoms. The first-order valence-electron chi connectivity index (χ1n) is 6.54. The van der Waals surface area contributed by atoms with Gasteiger partial charge in [-0.1, -0.05) is 39.7 Å². The predicted octanol–water partition coefficient (Wildman–Crippen LogP) is 4.17. The minimum absolute atomic E-state index is 0.0553. The lowest BCUT2D eigenvalue weighted by molar-refractivity contribution is -0.141. The summed E-state index contributed by atoms with van der Waals surface area (Å²) in [4.78, 5) is 23.3. The van der Waals surface area contributed by atoms with Gasteiger partial charge in [-0.2, -0.15) is 0 Å². The van der Waals surface area contributed by atoms with E-state index in [1.807, 2.05) is 0 Å². The number of aromatic carboxylic acids is 1. The van der Waals surface area contributed by atoms with Crippen LogP contribution in [-0.2, 0) is 4.79 Å². The van der Waals surface area contributed by atoms with Crippen LogP contribution in [0.15, 0.2) is 46.9 Å². The summed E-state index contributed by atoms with van der Waals surface area (Å²) in [5.74, 6) is -1.64. The summed E-state index contributed by atoms with van der Waals surface area (Å²) < 4.78 is 11.1. The fraction of sp³-hybridized carbons (Fsp3) is 0.125. The number of hydrogen-bond acceptors (Lipinski definition) is 4. The Hall–Kier alpha value is -2.05. The van der Waals surface area contributed by atoms with Gasteiger partial charge < -0.3 is 14.6 Å². The molecule has 0 aliphatic heterocycles. The Morgan fingerprint density at radius 3 is 2.52 bits per heavy atom. The topological polar surface area (TPSA) is 72.8 Å². The first kappa shape index (κ1) is 17.3. The highest BCUT2D eigenvalue weighted by atomic mass is 79.9. The predicted molar refractivity (Wildman–Crippen MR) is 88.3 cm³/mol. The van der Waals surface area contributed by atoms with E-state index in [1.165, 1.54) is 19.1 Å². The lowest BCUT2D eigenvalue weighted by atomic mass is 10.2. The molecule has 0 amide bonds. The highest BCUT2D eigenvalue weighted by Crippen LogP contribution is 2.26. The molecular formula is C16H12BrClO5. The molecule has 0 saturated heterocycles. The Morgan fingerprint density at radius 2 is 1.87 bits per heavy atom. The third-order valence-corrected chi connectivity index (χ3v) is 3.66. The number of hydrogen-bond donors (Lipinski definition) is 1. The van der Waals surface area contributed by atoms with E-state index in [9.17, 15) is 9.59 Å². The van der Waals surface area contributed by atoms with Gasteiger partial charge in [0, 0.05) is 4.47 Å². The molecule has 0 aliphatic carbocycles. The maximum atomic E-state index is 12.1. The number of carbonyl (C=O) groups excluding carboxylic acids is 1. The number of carboxylic acid groups (broad SMARTS) is 1. The molecular weight excluding hydrogens is 388 g/mol. The molecule has 1 N–H and O–H groups in total. The van der Waals surface area contributed by atoms with Crippen molar-refractivity contribution in [1.82, 2.24) is 0 Å². The zero-order valence-corrected chi connectivity index (χ0v) is 14.3. The minimum Gasteiger partial charge on any atom is -0.478 e. The summed E-state index contributed by atoms with van der Waals surface area (Å²) in [7, 11) is 0. The SMILES string of the molecule is CC(Oc1ccccc1Cl)C(=O)Oc1ccc(Br)cc1C(=O)O. The van der Waals surface area contributed by atoms with E-state index in [4.69, 9.17) is 26.2 Å². The van der Waals surface area contributed by atoms with Crippen LogP contribution in [0.25, 0.3) is 0 Å². The van der Waals surface area contributed by atoms with Gasteiger partial charge in [-0.3, -0.25) is 0 Å². The molecule has 0 radical (unpaired) electrons. The van der Waals surface area contributed by atoms with E-state index in [1.54, 1.807) is 30.3 Å². The third kappa shape index (κ3) is 4.46. The Morgan fingerprint density at radius 1 is 1.17 bits per heavy atom. The molecule has 0 aliphatic rings. The molecule has 1 atom stereocenters. The Kier molecular flexibility index (Phi) is 5.63. The van der Waals surface area contributed by atoms with E-state index in [-0.39, 0.29) is 11.3 Å². The summed E-state index contributed by atoms with van der Waals surface area (Å²) >= 11 is 9.13. The number of carbonyl (C=O) groups is 2. The first-order valence-corrected chi connectivity index (χ1v) is 7.71. The molecule has 5 nitrogen and oxygen atoms in total. The number of benzene rings is 2. The fourth-order valence-electron chi connectivity index (χ4n) is 1.73. The molecule has 0 spiro atoms. The zero-order valence-electron chi connectivity index (χ0n) is 12.0. The maximum absolute atomic E-state index is 12.1. The van der Waals surface area contributed by atoms with Gasteiger partial charge in [-0.25, -0.2) is 9.59 Å². The monoisotopic (exact) mass is 398 g/mol. The molecule has 1 unspecified atom stereocenters. The molecule has 120 valence electrons. The smallest absolute Gasteiger partial charge is 0.352 e. The second kappa shape index (κ2) is 7.48. The molecule has 0 bridgehead atoms. The quantitative estimate of drug-likeness (QED) is 0.603. The zero-order chi connectivity index (χ0) is 17.0. The van der Waals surface area contributed by atoms with Crippen LogP contribution in [0.2, 0.25) is 5.02 Å². The van der Waals surface area contributed by atoms with Crippen molar-refractivity contribution < 1.29 is 24.2 Å². The third-order valence-electron chi connectivity index (χ3n) is 2.85. The summed E-state index contributed by atoms with van der Waals surface area (Å²) in [5.41, 5.74) is -0.127. The van der Waals surface area contributed by atoms with Gasteiger partial charge in [-0.15, -0.1) is 0 Å². The number of halogens is 2. The van der Waals surface area contributed by atoms with E-state index in [2.05, 4.69) is 15.9 Å². The van der Waals surface area contributed by atoms with Gasteiger partial charge in [0.25, 0.3) is 0 Å². The van der Waals surface area contributed by atoms with Crippen LogP contribution in [0.1, 0.15) is 17.3 Å². The first-order chi connectivity index (χ1) is 10.9. The molecule has 0 heterocycles. The molecule has 23 heavy (non-hydrogen) atoms. The Balaban J connectivity index is 2.13. The minimum atomic E-state index is -1.20. The van der Waals surface area contributed by atoms with Gasteiger partial charge in [0.05, 0.1) is 5.02 Å². The van der Waals surface area contributed by atoms with Crippen molar-refractivity contribution in [1.29, 1.82) is 0 Å². The van der Waals surface area contributed by atoms with E-state index < -0.39 is 18.0 Å². The van der Waals surface area contributed by atoms with Crippen molar-refractivity contribution in [2.75, 3.05) is 0 Å². The Bertz CT molecular complexity index is 747. The van der Waals surface area contributed by atoms with Gasteiger partial charge >= 0.3 is 11.9 Å². The number of carboxylic acids is 1. The number of para-hydroxylation sites is 1. The standard InChI is InChI=1S/C16H12BrClO5/c1-9(22-14-5-3-2-4-12(14)18)16(21)23-13-7-6-10(17)8-11(13)15(19)20/h2-9H,1H3,(H,19,20). The molecule has 2 aromatic carbocycles. The van der Waals surface area contributed by atoms with Crippen LogP contribution in [0.4, 0.5) is 0 Å². The van der Waals surface area contributed by atoms with Crippen molar-refractivity contribution in [3.8, 4) is 11.5 Å². The average Bonchev–Trinajstić information content (AvgIpc) is 2.51. The highest BCUT2D eigenvalue weighted by Gasteiger charge is 2.21. The van der Waals surface area contributed by atoms with Crippen LogP contribution in [0.3, 0.4) is 0 Å². The molecule has 2 aromatic rings. The van der Waals surface area contributed by atoms with Gasteiger partial charge in [0.1, 0.15) is 17.1 Å². The van der Waals surface area contributed by atoms with Gasteiger partial charge in [0.2, 0.25) is 0 Å². The van der Waals surface area contributed by atoms with E-state index >= 15 is 0 Å². The molecule has 0 aromatic heterocycles. The molecule has 0 fully saturated rings. The van der Waals surface area contributed by atoms with Gasteiger partial charge in [0.15, 0.2) is 6.10 Å². The summed E-state index contributed by atoms with van der Waals surface area (Å²) in [6.07, 6.45) is -0.958. The fourth-order valence-corrected chi connectivity index (χ4v) is 2.27. The summed E-state index contributed by atoms with van der Waals surface area (Å²) in [6, 6.07) is 11.0. The Labute approximate surface area is 145 Å². The second-order valence-corrected chi connectivity index (χ2v) is 5.88. The van der Waals surface area contributed by atoms with E-state index in [0.717, 1.165) is 0 Å². The summed E-state index contributed by atoms with van der Waals surface area (Å²) in [5, 5.41) is 9.52. The average molecular weight is 400 g/mol. The van der Waals surface area contributed by atoms with Crippen LogP contribution in [0.5, 0.6) is 11.5 Å². The van der Waals surface area contributed by atoms with Crippen LogP contribution in [-0.4, -0.2) is 23.1 Å². The van der Waals surface area contributed by atoms with E-state index in [0.29, 0.717) is 15.2 Å². The second-order valence-electron chi connectivity index (χ2n) is 4.56. The summed E-state index contributed by atoms with van der Waals surface area (Å²) in [6.45, 7) is 1.49. The molecule has 0 saturated carbocycles. The van der Waals surface area contributed by atoms with Crippen LogP contribution >= 0.6 is 27.5 Å². The lowest BCUT2D eigenvalue weighted by Crippen LogP contribution is -2.29. The van der Waals surface area contributed by atoms with Crippen molar-refractivity contribution in [3.63, 3.8) is 0 Å². The normalized spacial score (nSPS) is 11.6. The maximum Gasteiger partial charge on any atom is 0.352 e. The van der Waals surface area contributed by atoms with Crippen molar-refractivity contribution >= 4 is 39.5 Å². The van der Waals surface area contributed by atoms with Crippen LogP contribution < -0.4 is 9.47 Å². The van der Waals surface area contributed by atoms with Gasteiger partial charge in [-0.05, 0) is 37.3 Å². The highest BCUT2D eigenvalue weighted by molar-refractivity contribution is 9.10. The number of rotatable bonds is 5. The number of ether oxygens (including phenoxy) is 2.